The van der Waals surface area contributed by atoms with Crippen LogP contribution in [0.25, 0.3) is 0 Å². The van der Waals surface area contributed by atoms with Gasteiger partial charge in [-0.05, 0) is 63.2 Å². The second kappa shape index (κ2) is 9.58. The van der Waals surface area contributed by atoms with Crippen molar-refractivity contribution in [3.63, 3.8) is 0 Å². The van der Waals surface area contributed by atoms with Crippen LogP contribution in [-0.4, -0.2) is 62.2 Å². The second-order valence-corrected chi connectivity index (χ2v) is 9.43. The van der Waals surface area contributed by atoms with Gasteiger partial charge in [0.25, 0.3) is 0 Å². The van der Waals surface area contributed by atoms with E-state index in [-0.39, 0.29) is 30.3 Å². The zero-order valence-electron chi connectivity index (χ0n) is 18.2. The Hall–Kier alpha value is -0.770. The summed E-state index contributed by atoms with van der Waals surface area (Å²) in [6.45, 7) is 6.49. The van der Waals surface area contributed by atoms with Gasteiger partial charge in [0, 0.05) is 32.3 Å². The van der Waals surface area contributed by atoms with Gasteiger partial charge in [-0.1, -0.05) is 6.92 Å². The number of fused-ring (bicyclic) bond motifs is 1. The Morgan fingerprint density at radius 1 is 1.24 bits per heavy atom. The summed E-state index contributed by atoms with van der Waals surface area (Å²) in [6.07, 6.45) is 7.38. The van der Waals surface area contributed by atoms with E-state index < -0.39 is 0 Å². The third kappa shape index (κ3) is 4.78. The lowest BCUT2D eigenvalue weighted by Gasteiger charge is -2.37. The van der Waals surface area contributed by atoms with Crippen molar-refractivity contribution in [2.45, 2.75) is 76.8 Å². The van der Waals surface area contributed by atoms with Crippen LogP contribution in [0.5, 0.6) is 0 Å². The standard InChI is InChI=1S/C21H39N5O3/c1-4-19-23-20(25-29-19)15-5-7-16-14(11-15)6-8-18(16)22-21(27)17-12-26(9-10-28-3)24-13(17)2/h13-20,23-25H,4-12H2,1-3H3,(H,22,27)/t13?,14?,15?,16?,17?,18-,19?,20?/m1/s1. The van der Waals surface area contributed by atoms with Gasteiger partial charge < -0.3 is 10.1 Å². The summed E-state index contributed by atoms with van der Waals surface area (Å²) in [5.41, 5.74) is 6.62. The number of nitrogens with zero attached hydrogens (tertiary/aromatic N) is 1. The molecular formula is C21H39N5O3. The van der Waals surface area contributed by atoms with Crippen molar-refractivity contribution < 1.29 is 14.4 Å². The van der Waals surface area contributed by atoms with Gasteiger partial charge in [0.1, 0.15) is 6.23 Å². The van der Waals surface area contributed by atoms with Crippen LogP contribution in [0.2, 0.25) is 0 Å². The Balaban J connectivity index is 1.26. The minimum atomic E-state index is 0.0114. The summed E-state index contributed by atoms with van der Waals surface area (Å²) < 4.78 is 5.16. The number of hydrazine groups is 1. The summed E-state index contributed by atoms with van der Waals surface area (Å²) in [5.74, 6) is 2.21. The number of hydroxylamine groups is 1. The molecule has 2 aliphatic carbocycles. The summed E-state index contributed by atoms with van der Waals surface area (Å²) >= 11 is 0. The van der Waals surface area contributed by atoms with Crippen LogP contribution in [0.3, 0.4) is 0 Å². The average molecular weight is 410 g/mol. The minimum Gasteiger partial charge on any atom is -0.383 e. The van der Waals surface area contributed by atoms with Gasteiger partial charge in [-0.15, -0.1) is 0 Å². The fraction of sp³-hybridized carbons (Fsp3) is 0.952. The lowest BCUT2D eigenvalue weighted by molar-refractivity contribution is -0.126. The fourth-order valence-electron chi connectivity index (χ4n) is 5.92. The van der Waals surface area contributed by atoms with Crippen LogP contribution in [-0.2, 0) is 14.4 Å². The molecule has 0 aromatic heterocycles. The number of ether oxygens (including phenoxy) is 1. The maximum absolute atomic E-state index is 13.0. The van der Waals surface area contributed by atoms with Gasteiger partial charge >= 0.3 is 0 Å². The third-order valence-corrected chi connectivity index (χ3v) is 7.63. The Bertz CT molecular complexity index is 564. The molecule has 2 heterocycles. The fourth-order valence-corrected chi connectivity index (χ4v) is 5.92. The third-order valence-electron chi connectivity index (χ3n) is 7.63. The van der Waals surface area contributed by atoms with Crippen molar-refractivity contribution in [2.75, 3.05) is 26.8 Å². The monoisotopic (exact) mass is 409 g/mol. The molecular weight excluding hydrogens is 370 g/mol. The van der Waals surface area contributed by atoms with Crippen LogP contribution < -0.4 is 21.5 Å². The maximum Gasteiger partial charge on any atom is 0.226 e. The lowest BCUT2D eigenvalue weighted by atomic mass is 9.73. The Kier molecular flexibility index (Phi) is 7.09. The minimum absolute atomic E-state index is 0.0114. The number of rotatable bonds is 7. The molecule has 0 aromatic rings. The van der Waals surface area contributed by atoms with Gasteiger partial charge in [-0.2, -0.15) is 5.48 Å². The van der Waals surface area contributed by atoms with Gasteiger partial charge in [-0.25, -0.2) is 5.01 Å². The quantitative estimate of drug-likeness (QED) is 0.498. The van der Waals surface area contributed by atoms with E-state index in [0.717, 1.165) is 31.8 Å². The van der Waals surface area contributed by atoms with E-state index in [2.05, 4.69) is 40.4 Å². The molecule has 0 aromatic carbocycles. The molecule has 7 unspecified atom stereocenters. The topological polar surface area (TPSA) is 86.9 Å². The highest BCUT2D eigenvalue weighted by atomic mass is 16.7. The largest absolute Gasteiger partial charge is 0.383 e. The molecule has 8 heteroatoms. The molecule has 2 saturated heterocycles. The molecule has 0 spiro atoms. The molecule has 4 fully saturated rings. The predicted molar refractivity (Wildman–Crippen MR) is 110 cm³/mol. The maximum atomic E-state index is 13.0. The van der Waals surface area contributed by atoms with E-state index in [1.807, 2.05) is 0 Å². The second-order valence-electron chi connectivity index (χ2n) is 9.43. The zero-order chi connectivity index (χ0) is 20.4. The van der Waals surface area contributed by atoms with Gasteiger partial charge in [0.05, 0.1) is 18.7 Å². The van der Waals surface area contributed by atoms with Crippen molar-refractivity contribution in [2.24, 2.45) is 23.7 Å². The van der Waals surface area contributed by atoms with E-state index in [4.69, 9.17) is 9.57 Å². The Morgan fingerprint density at radius 3 is 2.83 bits per heavy atom. The number of nitrogens with one attached hydrogen (secondary N) is 4. The number of carbonyl (C=O) groups is 1. The van der Waals surface area contributed by atoms with Gasteiger partial charge in [-0.3, -0.25) is 20.4 Å². The smallest absolute Gasteiger partial charge is 0.226 e. The molecule has 0 bridgehead atoms. The normalized spacial score (nSPS) is 42.9. The first kappa shape index (κ1) is 21.5. The predicted octanol–water partition coefficient (Wildman–Crippen LogP) is 0.955. The van der Waals surface area contributed by atoms with E-state index in [9.17, 15) is 4.79 Å². The highest BCUT2D eigenvalue weighted by Crippen LogP contribution is 2.45. The highest BCUT2D eigenvalue weighted by molar-refractivity contribution is 5.80. The SMILES string of the molecule is CCC1NC(C2CCC3C(CC[C@H]3NC(=O)C3CN(CCOC)NC3C)C2)NO1. The van der Waals surface area contributed by atoms with Crippen LogP contribution in [0.4, 0.5) is 0 Å². The molecule has 29 heavy (non-hydrogen) atoms. The first-order valence-corrected chi connectivity index (χ1v) is 11.6. The molecule has 0 radical (unpaired) electrons. The molecule has 8 atom stereocenters. The summed E-state index contributed by atoms with van der Waals surface area (Å²) in [6, 6.07) is 0.517. The highest BCUT2D eigenvalue weighted by Gasteiger charge is 2.45. The number of methoxy groups -OCH3 is 1. The van der Waals surface area contributed by atoms with Crippen molar-refractivity contribution >= 4 is 5.91 Å². The van der Waals surface area contributed by atoms with Crippen LogP contribution in [0, 0.1) is 23.7 Å². The van der Waals surface area contributed by atoms with Crippen LogP contribution in [0.15, 0.2) is 0 Å². The van der Waals surface area contributed by atoms with Crippen LogP contribution in [0.1, 0.15) is 52.4 Å². The number of carbonyl (C=O) groups excluding carboxylic acids is 1. The summed E-state index contributed by atoms with van der Waals surface area (Å²) in [5, 5.41) is 9.12. The Morgan fingerprint density at radius 2 is 2.07 bits per heavy atom. The van der Waals surface area contributed by atoms with Crippen LogP contribution >= 0.6 is 0 Å². The van der Waals surface area contributed by atoms with E-state index in [0.29, 0.717) is 24.5 Å². The van der Waals surface area contributed by atoms with Crippen molar-refractivity contribution in [3.05, 3.63) is 0 Å². The first-order chi connectivity index (χ1) is 14.1. The molecule has 1 amide bonds. The van der Waals surface area contributed by atoms with E-state index >= 15 is 0 Å². The molecule has 166 valence electrons. The van der Waals surface area contributed by atoms with Crippen molar-refractivity contribution in [1.82, 2.24) is 26.5 Å². The number of hydrogen-bond acceptors (Lipinski definition) is 7. The number of amides is 1. The molecule has 8 nitrogen and oxygen atoms in total. The Labute approximate surface area is 174 Å². The average Bonchev–Trinajstić information content (AvgIpc) is 3.44. The first-order valence-electron chi connectivity index (χ1n) is 11.6. The summed E-state index contributed by atoms with van der Waals surface area (Å²) in [4.78, 5) is 18.6. The van der Waals surface area contributed by atoms with Gasteiger partial charge in [0.2, 0.25) is 5.91 Å². The van der Waals surface area contributed by atoms with Crippen molar-refractivity contribution in [3.8, 4) is 0 Å². The molecule has 4 N–H and O–H groups in total. The molecule has 2 saturated carbocycles. The molecule has 4 rings (SSSR count). The zero-order valence-corrected chi connectivity index (χ0v) is 18.2. The molecule has 2 aliphatic heterocycles. The van der Waals surface area contributed by atoms with E-state index in [1.165, 1.54) is 25.7 Å². The lowest BCUT2D eigenvalue weighted by Crippen LogP contribution is -2.47. The summed E-state index contributed by atoms with van der Waals surface area (Å²) in [7, 11) is 1.71. The molecule has 4 aliphatic rings. The van der Waals surface area contributed by atoms with Crippen molar-refractivity contribution in [1.29, 1.82) is 0 Å². The van der Waals surface area contributed by atoms with Gasteiger partial charge in [0.15, 0.2) is 0 Å². The number of hydrogen-bond donors (Lipinski definition) is 4. The van der Waals surface area contributed by atoms with E-state index in [1.54, 1.807) is 7.11 Å².